The maximum atomic E-state index is 12.8. The van der Waals surface area contributed by atoms with E-state index in [4.69, 9.17) is 4.74 Å². The van der Waals surface area contributed by atoms with Crippen LogP contribution >= 0.6 is 0 Å². The van der Waals surface area contributed by atoms with Crippen molar-refractivity contribution < 1.29 is 27.5 Å². The first-order valence-corrected chi connectivity index (χ1v) is 12.1. The zero-order chi connectivity index (χ0) is 29.3. The van der Waals surface area contributed by atoms with E-state index in [1.54, 1.807) is 26.2 Å². The summed E-state index contributed by atoms with van der Waals surface area (Å²) in [5.74, 6) is 0.226. The Kier molecular flexibility index (Phi) is 24.7. The lowest BCUT2D eigenvalue weighted by Gasteiger charge is -2.03. The van der Waals surface area contributed by atoms with Crippen molar-refractivity contribution in [3.63, 3.8) is 0 Å². The number of allylic oxidation sites excluding steroid dienone is 5. The van der Waals surface area contributed by atoms with Gasteiger partial charge in [-0.2, -0.15) is 18.3 Å². The normalized spacial score (nSPS) is 10.1. The molecule has 208 valence electrons. The van der Waals surface area contributed by atoms with E-state index in [1.165, 1.54) is 12.2 Å². The summed E-state index contributed by atoms with van der Waals surface area (Å²) >= 11 is 0. The quantitative estimate of drug-likeness (QED) is 0.167. The fourth-order valence-corrected chi connectivity index (χ4v) is 2.23. The number of benzene rings is 1. The maximum absolute atomic E-state index is 12.8. The van der Waals surface area contributed by atoms with Crippen molar-refractivity contribution >= 4 is 17.9 Å². The van der Waals surface area contributed by atoms with Gasteiger partial charge in [-0.1, -0.05) is 71.5 Å². The Morgan fingerprint density at radius 3 is 2.03 bits per heavy atom. The number of carbonyl (C=O) groups is 2. The van der Waals surface area contributed by atoms with Crippen molar-refractivity contribution in [2.45, 2.75) is 61.1 Å². The molecule has 1 N–H and O–H groups in total. The SMILES string of the molecule is C=C/C=C(\C=C/C)n1cc(C(C)=O)c(C(F)(F)F)n1.CC.CC.CCCNC=O.COc1ccccc1. The van der Waals surface area contributed by atoms with Crippen molar-refractivity contribution in [2.75, 3.05) is 13.7 Å². The van der Waals surface area contributed by atoms with Crippen LogP contribution in [0.25, 0.3) is 5.70 Å². The minimum Gasteiger partial charge on any atom is -0.497 e. The number of methoxy groups -OCH3 is 1. The van der Waals surface area contributed by atoms with Crippen LogP contribution in [-0.4, -0.2) is 35.6 Å². The van der Waals surface area contributed by atoms with Gasteiger partial charge in [0.25, 0.3) is 0 Å². The number of hydrogen-bond donors (Lipinski definition) is 1. The lowest BCUT2D eigenvalue weighted by molar-refractivity contribution is -0.141. The molecule has 0 aliphatic heterocycles. The van der Waals surface area contributed by atoms with Gasteiger partial charge in [0.1, 0.15) is 5.75 Å². The van der Waals surface area contributed by atoms with Crippen LogP contribution in [0, 0.1) is 0 Å². The third-order valence-corrected chi connectivity index (χ3v) is 3.71. The van der Waals surface area contributed by atoms with Crippen LogP contribution in [0.4, 0.5) is 13.2 Å². The molecule has 0 saturated heterocycles. The Morgan fingerprint density at radius 1 is 1.16 bits per heavy atom. The molecule has 1 amide bonds. The second-order valence-electron chi connectivity index (χ2n) is 6.31. The summed E-state index contributed by atoms with van der Waals surface area (Å²) in [4.78, 5) is 20.7. The molecule has 0 spiro atoms. The summed E-state index contributed by atoms with van der Waals surface area (Å²) in [6.07, 6.45) is 4.27. The summed E-state index contributed by atoms with van der Waals surface area (Å²) < 4.78 is 44.2. The number of amides is 1. The van der Waals surface area contributed by atoms with Gasteiger partial charge in [0.2, 0.25) is 6.41 Å². The number of ketones is 1. The fraction of sp³-hybridized carbons (Fsp3) is 0.393. The Hall–Kier alpha value is -3.62. The van der Waals surface area contributed by atoms with Crippen molar-refractivity contribution in [2.24, 2.45) is 0 Å². The van der Waals surface area contributed by atoms with Gasteiger partial charge in [-0.05, 0) is 44.6 Å². The van der Waals surface area contributed by atoms with E-state index < -0.39 is 23.2 Å². The van der Waals surface area contributed by atoms with Gasteiger partial charge < -0.3 is 10.1 Å². The van der Waals surface area contributed by atoms with E-state index in [-0.39, 0.29) is 0 Å². The molecule has 1 aromatic heterocycles. The van der Waals surface area contributed by atoms with E-state index in [2.05, 4.69) is 17.0 Å². The first-order valence-electron chi connectivity index (χ1n) is 12.1. The summed E-state index contributed by atoms with van der Waals surface area (Å²) in [5, 5.41) is 5.96. The zero-order valence-electron chi connectivity index (χ0n) is 23.2. The van der Waals surface area contributed by atoms with Crippen molar-refractivity contribution in [1.82, 2.24) is 15.1 Å². The molecule has 6 nitrogen and oxygen atoms in total. The average Bonchev–Trinajstić information content (AvgIpc) is 3.38. The van der Waals surface area contributed by atoms with E-state index >= 15 is 0 Å². The Labute approximate surface area is 219 Å². The Morgan fingerprint density at radius 2 is 1.73 bits per heavy atom. The molecular formula is C28H42F3N3O3. The highest BCUT2D eigenvalue weighted by molar-refractivity contribution is 5.95. The first-order chi connectivity index (χ1) is 17.7. The molecule has 1 aromatic carbocycles. The van der Waals surface area contributed by atoms with Crippen molar-refractivity contribution in [1.29, 1.82) is 0 Å². The third-order valence-electron chi connectivity index (χ3n) is 3.71. The highest BCUT2D eigenvalue weighted by Gasteiger charge is 2.38. The fourth-order valence-electron chi connectivity index (χ4n) is 2.23. The number of rotatable bonds is 8. The van der Waals surface area contributed by atoms with Crippen LogP contribution in [0.2, 0.25) is 0 Å². The minimum absolute atomic E-state index is 0.385. The molecule has 0 bridgehead atoms. The number of nitrogens with zero attached hydrogens (tertiary/aromatic N) is 2. The van der Waals surface area contributed by atoms with Gasteiger partial charge in [0, 0.05) is 12.7 Å². The summed E-state index contributed by atoms with van der Waals surface area (Å²) in [7, 11) is 1.66. The number of aromatic nitrogens is 2. The molecular weight excluding hydrogens is 483 g/mol. The van der Waals surface area contributed by atoms with Gasteiger partial charge in [0.15, 0.2) is 11.5 Å². The van der Waals surface area contributed by atoms with E-state index in [0.29, 0.717) is 12.1 Å². The van der Waals surface area contributed by atoms with Crippen LogP contribution in [-0.2, 0) is 11.0 Å². The Balaban J connectivity index is -0.000000527. The van der Waals surface area contributed by atoms with Crippen LogP contribution in [0.1, 0.15) is 70.9 Å². The monoisotopic (exact) mass is 525 g/mol. The molecule has 0 unspecified atom stereocenters. The predicted octanol–water partition coefficient (Wildman–Crippen LogP) is 7.60. The minimum atomic E-state index is -4.67. The number of carbonyl (C=O) groups excluding carboxylic acids is 2. The topological polar surface area (TPSA) is 73.2 Å². The summed E-state index contributed by atoms with van der Waals surface area (Å²) in [6, 6.07) is 9.68. The number of ether oxygens (including phenoxy) is 1. The molecule has 0 aliphatic carbocycles. The van der Waals surface area contributed by atoms with Gasteiger partial charge >= 0.3 is 6.18 Å². The average molecular weight is 526 g/mol. The van der Waals surface area contributed by atoms with Gasteiger partial charge in [0.05, 0.1) is 18.4 Å². The number of para-hydroxylation sites is 1. The van der Waals surface area contributed by atoms with Crippen LogP contribution in [0.15, 0.2) is 67.4 Å². The zero-order valence-corrected chi connectivity index (χ0v) is 23.2. The molecule has 37 heavy (non-hydrogen) atoms. The summed E-state index contributed by atoms with van der Waals surface area (Å²) in [6.45, 7) is 17.1. The molecule has 0 radical (unpaired) electrons. The molecule has 0 atom stereocenters. The van der Waals surface area contributed by atoms with Gasteiger partial charge in [-0.25, -0.2) is 4.68 Å². The molecule has 0 saturated carbocycles. The van der Waals surface area contributed by atoms with Crippen LogP contribution < -0.4 is 10.1 Å². The molecule has 2 aromatic rings. The first kappa shape index (κ1) is 37.9. The number of hydrogen-bond acceptors (Lipinski definition) is 4. The number of halogens is 3. The molecule has 0 aliphatic rings. The number of Topliss-reactive ketones (excluding diaryl/α,β-unsaturated/α-hetero) is 1. The lowest BCUT2D eigenvalue weighted by Crippen LogP contribution is -2.11. The molecule has 0 fully saturated rings. The smallest absolute Gasteiger partial charge is 0.435 e. The molecule has 2 rings (SSSR count). The lowest BCUT2D eigenvalue weighted by atomic mass is 10.2. The number of nitrogens with one attached hydrogen (secondary N) is 1. The molecule has 9 heteroatoms. The summed E-state index contributed by atoms with van der Waals surface area (Å²) in [5.41, 5.74) is -1.25. The van der Waals surface area contributed by atoms with E-state index in [1.807, 2.05) is 65.0 Å². The highest BCUT2D eigenvalue weighted by Crippen LogP contribution is 2.31. The third kappa shape index (κ3) is 17.5. The maximum Gasteiger partial charge on any atom is 0.435 e. The van der Waals surface area contributed by atoms with Gasteiger partial charge in [-0.15, -0.1) is 0 Å². The van der Waals surface area contributed by atoms with E-state index in [9.17, 15) is 22.8 Å². The number of alkyl halides is 3. The Bertz CT molecular complexity index is 920. The predicted molar refractivity (Wildman–Crippen MR) is 147 cm³/mol. The molecule has 1 heterocycles. The van der Waals surface area contributed by atoms with Gasteiger partial charge in [-0.3, -0.25) is 9.59 Å². The van der Waals surface area contributed by atoms with Crippen molar-refractivity contribution in [3.05, 3.63) is 78.7 Å². The van der Waals surface area contributed by atoms with E-state index in [0.717, 1.165) is 36.5 Å². The highest BCUT2D eigenvalue weighted by atomic mass is 19.4. The second-order valence-corrected chi connectivity index (χ2v) is 6.31. The standard InChI is InChI=1S/C13H13F3N2O.C7H8O.C4H9NO.2C2H6/c1-4-6-10(7-5-2)18-8-11(9(3)19)12(17-18)13(14,15)16;1-8-7-5-3-2-4-6-7;1-2-3-5-4-6;2*1-2/h4-8H,1H2,2-3H3;2-6H,1H3;4H,2-3H2,1H3,(H,5,6);2*1-2H3/b7-5-,10-6+;;;;. The second kappa shape index (κ2) is 24.1. The largest absolute Gasteiger partial charge is 0.497 e. The van der Waals surface area contributed by atoms with Crippen LogP contribution in [0.3, 0.4) is 0 Å². The van der Waals surface area contributed by atoms with Crippen molar-refractivity contribution in [3.8, 4) is 5.75 Å². The van der Waals surface area contributed by atoms with Crippen LogP contribution in [0.5, 0.6) is 5.75 Å².